The third kappa shape index (κ3) is 3.05. The summed E-state index contributed by atoms with van der Waals surface area (Å²) in [4.78, 5) is 6.56. The molecule has 1 aromatic rings. The van der Waals surface area contributed by atoms with Gasteiger partial charge in [0.05, 0.1) is 0 Å². The Morgan fingerprint density at radius 3 is 2.53 bits per heavy atom. The van der Waals surface area contributed by atoms with Gasteiger partial charge in [-0.1, -0.05) is 6.07 Å². The van der Waals surface area contributed by atoms with E-state index in [0.29, 0.717) is 18.0 Å². The molecule has 94 valence electrons. The van der Waals surface area contributed by atoms with Crippen LogP contribution in [0.1, 0.15) is 37.3 Å². The molecule has 3 heteroatoms. The Labute approximate surface area is 104 Å². The third-order valence-corrected chi connectivity index (χ3v) is 3.85. The lowest BCUT2D eigenvalue weighted by Crippen LogP contribution is -2.34. The Balaban J connectivity index is 2.13. The van der Waals surface area contributed by atoms with Crippen molar-refractivity contribution >= 4 is 0 Å². The van der Waals surface area contributed by atoms with Crippen molar-refractivity contribution in [2.75, 3.05) is 14.1 Å². The second-order valence-electron chi connectivity index (χ2n) is 5.37. The summed E-state index contributed by atoms with van der Waals surface area (Å²) in [7, 11) is 4.32. The molecule has 1 aliphatic rings. The van der Waals surface area contributed by atoms with E-state index in [2.05, 4.69) is 30.0 Å². The molecule has 0 aromatic carbocycles. The van der Waals surface area contributed by atoms with Crippen LogP contribution in [0.3, 0.4) is 0 Å². The molecule has 0 saturated heterocycles. The molecule has 1 unspecified atom stereocenters. The van der Waals surface area contributed by atoms with E-state index >= 15 is 0 Å². The monoisotopic (exact) mass is 233 g/mol. The Bertz CT molecular complexity index is 329. The largest absolute Gasteiger partial charge is 0.328 e. The van der Waals surface area contributed by atoms with Gasteiger partial charge in [-0.05, 0) is 57.3 Å². The van der Waals surface area contributed by atoms with Crippen molar-refractivity contribution in [3.63, 3.8) is 0 Å². The molecule has 1 fully saturated rings. The Morgan fingerprint density at radius 2 is 2.00 bits per heavy atom. The van der Waals surface area contributed by atoms with E-state index in [4.69, 9.17) is 5.73 Å². The van der Waals surface area contributed by atoms with E-state index in [0.717, 1.165) is 12.8 Å². The van der Waals surface area contributed by atoms with Gasteiger partial charge >= 0.3 is 0 Å². The summed E-state index contributed by atoms with van der Waals surface area (Å²) in [6, 6.07) is 5.12. The fourth-order valence-corrected chi connectivity index (χ4v) is 3.00. The van der Waals surface area contributed by atoms with E-state index in [-0.39, 0.29) is 0 Å². The topological polar surface area (TPSA) is 42.2 Å². The number of pyridine rings is 1. The van der Waals surface area contributed by atoms with Gasteiger partial charge in [0.15, 0.2) is 0 Å². The van der Waals surface area contributed by atoms with Gasteiger partial charge < -0.3 is 10.6 Å². The molecule has 3 nitrogen and oxygen atoms in total. The quantitative estimate of drug-likeness (QED) is 0.870. The molecular formula is C14H23N3. The summed E-state index contributed by atoms with van der Waals surface area (Å²) in [5.74, 6) is 0.717. The zero-order chi connectivity index (χ0) is 12.3. The molecule has 0 bridgehead atoms. The molecule has 1 aromatic heterocycles. The highest BCUT2D eigenvalue weighted by atomic mass is 15.1. The molecule has 1 heterocycles. The van der Waals surface area contributed by atoms with Crippen LogP contribution in [0, 0.1) is 5.92 Å². The van der Waals surface area contributed by atoms with Gasteiger partial charge in [-0.3, -0.25) is 4.98 Å². The smallest absolute Gasteiger partial charge is 0.0385 e. The van der Waals surface area contributed by atoms with Crippen LogP contribution in [0.2, 0.25) is 0 Å². The second-order valence-corrected chi connectivity index (χ2v) is 5.37. The van der Waals surface area contributed by atoms with Crippen molar-refractivity contribution in [3.8, 4) is 0 Å². The first-order valence-corrected chi connectivity index (χ1v) is 6.50. The van der Waals surface area contributed by atoms with Crippen molar-refractivity contribution < 1.29 is 0 Å². The summed E-state index contributed by atoms with van der Waals surface area (Å²) in [6.07, 6.45) is 8.63. The Morgan fingerprint density at radius 1 is 1.29 bits per heavy atom. The molecule has 1 atom stereocenters. The van der Waals surface area contributed by atoms with Crippen molar-refractivity contribution in [3.05, 3.63) is 30.1 Å². The fraction of sp³-hybridized carbons (Fsp3) is 0.643. The van der Waals surface area contributed by atoms with E-state index in [9.17, 15) is 0 Å². The van der Waals surface area contributed by atoms with E-state index < -0.39 is 0 Å². The minimum atomic E-state index is 0.419. The van der Waals surface area contributed by atoms with Gasteiger partial charge in [-0.25, -0.2) is 0 Å². The standard InChI is InChI=1S/C14H23N3/c1-17(2)14(12-4-3-9-16-10-12)11-5-7-13(15)8-6-11/h3-4,9-11,13-14H,5-8,15H2,1-2H3. The van der Waals surface area contributed by atoms with Crippen molar-refractivity contribution in [1.82, 2.24) is 9.88 Å². The summed E-state index contributed by atoms with van der Waals surface area (Å²) in [5, 5.41) is 0. The van der Waals surface area contributed by atoms with Crippen molar-refractivity contribution in [2.45, 2.75) is 37.8 Å². The molecule has 17 heavy (non-hydrogen) atoms. The van der Waals surface area contributed by atoms with Crippen LogP contribution >= 0.6 is 0 Å². The average molecular weight is 233 g/mol. The first-order chi connectivity index (χ1) is 8.18. The predicted molar refractivity (Wildman–Crippen MR) is 70.6 cm³/mol. The number of nitrogens with two attached hydrogens (primary N) is 1. The van der Waals surface area contributed by atoms with Gasteiger partial charge in [-0.15, -0.1) is 0 Å². The van der Waals surface area contributed by atoms with Gasteiger partial charge in [-0.2, -0.15) is 0 Å². The first kappa shape index (κ1) is 12.5. The van der Waals surface area contributed by atoms with Gasteiger partial charge in [0.1, 0.15) is 0 Å². The molecule has 1 aliphatic carbocycles. The van der Waals surface area contributed by atoms with Crippen LogP contribution in [0.25, 0.3) is 0 Å². The van der Waals surface area contributed by atoms with Crippen LogP contribution in [0.5, 0.6) is 0 Å². The maximum absolute atomic E-state index is 5.99. The zero-order valence-electron chi connectivity index (χ0n) is 10.8. The van der Waals surface area contributed by atoms with Crippen LogP contribution in [0.15, 0.2) is 24.5 Å². The Kier molecular flexibility index (Phi) is 4.13. The van der Waals surface area contributed by atoms with Crippen LogP contribution in [0.4, 0.5) is 0 Å². The highest BCUT2D eigenvalue weighted by molar-refractivity contribution is 5.15. The van der Waals surface area contributed by atoms with Crippen LogP contribution < -0.4 is 5.73 Å². The number of hydrogen-bond donors (Lipinski definition) is 1. The number of hydrogen-bond acceptors (Lipinski definition) is 3. The maximum Gasteiger partial charge on any atom is 0.0385 e. The molecular weight excluding hydrogens is 210 g/mol. The maximum atomic E-state index is 5.99. The minimum Gasteiger partial charge on any atom is -0.328 e. The summed E-state index contributed by atoms with van der Waals surface area (Å²) in [6.45, 7) is 0. The lowest BCUT2D eigenvalue weighted by molar-refractivity contribution is 0.164. The molecule has 1 saturated carbocycles. The number of rotatable bonds is 3. The summed E-state index contributed by atoms with van der Waals surface area (Å²) >= 11 is 0. The zero-order valence-corrected chi connectivity index (χ0v) is 10.8. The minimum absolute atomic E-state index is 0.419. The summed E-state index contributed by atoms with van der Waals surface area (Å²) in [5.41, 5.74) is 7.32. The van der Waals surface area contributed by atoms with Crippen molar-refractivity contribution in [2.24, 2.45) is 11.7 Å². The van der Waals surface area contributed by atoms with Gasteiger partial charge in [0.25, 0.3) is 0 Å². The molecule has 0 aliphatic heterocycles. The normalized spacial score (nSPS) is 27.1. The lowest BCUT2D eigenvalue weighted by Gasteiger charge is -2.36. The van der Waals surface area contributed by atoms with E-state index in [1.165, 1.54) is 18.4 Å². The van der Waals surface area contributed by atoms with Crippen LogP contribution in [-0.4, -0.2) is 30.0 Å². The van der Waals surface area contributed by atoms with Gasteiger partial charge in [0, 0.05) is 24.5 Å². The van der Waals surface area contributed by atoms with Crippen LogP contribution in [-0.2, 0) is 0 Å². The average Bonchev–Trinajstić information content (AvgIpc) is 2.33. The number of aromatic nitrogens is 1. The number of nitrogens with zero attached hydrogens (tertiary/aromatic N) is 2. The molecule has 0 radical (unpaired) electrons. The Hall–Kier alpha value is -0.930. The predicted octanol–water partition coefficient (Wildman–Crippen LogP) is 2.20. The molecule has 0 spiro atoms. The highest BCUT2D eigenvalue weighted by Gasteiger charge is 2.28. The third-order valence-electron chi connectivity index (χ3n) is 3.85. The molecule has 2 N–H and O–H groups in total. The lowest BCUT2D eigenvalue weighted by atomic mass is 9.79. The van der Waals surface area contributed by atoms with Crippen molar-refractivity contribution in [1.29, 1.82) is 0 Å². The SMILES string of the molecule is CN(C)C(c1cccnc1)C1CCC(N)CC1. The van der Waals surface area contributed by atoms with E-state index in [1.54, 1.807) is 0 Å². The first-order valence-electron chi connectivity index (χ1n) is 6.50. The van der Waals surface area contributed by atoms with E-state index in [1.807, 2.05) is 18.5 Å². The van der Waals surface area contributed by atoms with Gasteiger partial charge in [0.2, 0.25) is 0 Å². The molecule has 2 rings (SSSR count). The summed E-state index contributed by atoms with van der Waals surface area (Å²) < 4.78 is 0. The second kappa shape index (κ2) is 5.61. The highest BCUT2D eigenvalue weighted by Crippen LogP contribution is 2.36. The molecule has 0 amide bonds. The fourth-order valence-electron chi connectivity index (χ4n) is 3.00.